The minimum absolute atomic E-state index is 0.0759. The summed E-state index contributed by atoms with van der Waals surface area (Å²) in [4.78, 5) is 4.93. The van der Waals surface area contributed by atoms with E-state index in [1.54, 1.807) is 20.4 Å². The van der Waals surface area contributed by atoms with E-state index in [0.717, 1.165) is 18.6 Å². The van der Waals surface area contributed by atoms with Gasteiger partial charge in [0.2, 0.25) is 0 Å². The van der Waals surface area contributed by atoms with Gasteiger partial charge in [-0.1, -0.05) is 0 Å². The average Bonchev–Trinajstić information content (AvgIpc) is 2.41. The standard InChI is InChI=1S/C13H26N4O2/c1-11(9-16-12(2)5-7-18-4)13(17-10-14)6-8-19-15-3/h6,8-10,12-13,15-16H,5,7H2,1-4H3,(H2,14,17)/b8-6+,11-9+. The summed E-state index contributed by atoms with van der Waals surface area (Å²) >= 11 is 0. The molecule has 0 amide bonds. The van der Waals surface area contributed by atoms with Gasteiger partial charge < -0.3 is 20.2 Å². The number of rotatable bonds is 11. The molecule has 0 aliphatic heterocycles. The van der Waals surface area contributed by atoms with E-state index in [9.17, 15) is 0 Å². The lowest BCUT2D eigenvalue weighted by atomic mass is 10.1. The van der Waals surface area contributed by atoms with Crippen LogP contribution in [0.2, 0.25) is 0 Å². The van der Waals surface area contributed by atoms with E-state index in [-0.39, 0.29) is 6.04 Å². The van der Waals surface area contributed by atoms with Crippen molar-refractivity contribution >= 4 is 6.34 Å². The van der Waals surface area contributed by atoms with Crippen LogP contribution >= 0.6 is 0 Å². The molecule has 0 bridgehead atoms. The Labute approximate surface area is 115 Å². The van der Waals surface area contributed by atoms with Gasteiger partial charge in [0.1, 0.15) is 6.26 Å². The summed E-state index contributed by atoms with van der Waals surface area (Å²) in [6.07, 6.45) is 7.44. The maximum Gasteiger partial charge on any atom is 0.109 e. The summed E-state index contributed by atoms with van der Waals surface area (Å²) in [6, 6.07) is 0.265. The largest absolute Gasteiger partial charge is 0.417 e. The molecule has 0 aromatic rings. The number of nitrogens with one attached hydrogen (secondary N) is 4. The third kappa shape index (κ3) is 9.10. The van der Waals surface area contributed by atoms with Crippen LogP contribution in [-0.4, -0.2) is 39.2 Å². The Balaban J connectivity index is 4.34. The molecule has 2 unspecified atom stereocenters. The lowest BCUT2D eigenvalue weighted by Crippen LogP contribution is -2.29. The lowest BCUT2D eigenvalue weighted by molar-refractivity contribution is 0.157. The van der Waals surface area contributed by atoms with Gasteiger partial charge in [-0.05, 0) is 38.1 Å². The van der Waals surface area contributed by atoms with Crippen molar-refractivity contribution in [1.82, 2.24) is 16.1 Å². The molecule has 0 saturated carbocycles. The molecule has 6 heteroatoms. The first-order chi connectivity index (χ1) is 9.15. The Hall–Kier alpha value is -1.53. The highest BCUT2D eigenvalue weighted by atomic mass is 16.6. The summed E-state index contributed by atoms with van der Waals surface area (Å²) in [5, 5.41) is 13.3. The fourth-order valence-electron chi connectivity index (χ4n) is 1.36. The van der Waals surface area contributed by atoms with Gasteiger partial charge in [0, 0.05) is 26.8 Å². The van der Waals surface area contributed by atoms with Crippen molar-refractivity contribution in [2.24, 2.45) is 0 Å². The Kier molecular flexibility index (Phi) is 10.6. The summed E-state index contributed by atoms with van der Waals surface area (Å²) in [5.74, 6) is 0. The van der Waals surface area contributed by atoms with Crippen LogP contribution in [0.1, 0.15) is 20.3 Å². The molecule has 19 heavy (non-hydrogen) atoms. The van der Waals surface area contributed by atoms with E-state index in [0.29, 0.717) is 6.04 Å². The van der Waals surface area contributed by atoms with Crippen molar-refractivity contribution in [2.45, 2.75) is 32.4 Å². The number of hydroxylamine groups is 1. The zero-order valence-electron chi connectivity index (χ0n) is 12.2. The van der Waals surface area contributed by atoms with E-state index in [2.05, 4.69) is 23.0 Å². The van der Waals surface area contributed by atoms with Crippen LogP contribution < -0.4 is 16.1 Å². The third-order valence-corrected chi connectivity index (χ3v) is 2.56. The summed E-state index contributed by atoms with van der Waals surface area (Å²) in [7, 11) is 3.38. The number of methoxy groups -OCH3 is 1. The molecule has 2 atom stereocenters. The second-order valence-electron chi connectivity index (χ2n) is 4.18. The number of hydrogen-bond donors (Lipinski definition) is 4. The van der Waals surface area contributed by atoms with Crippen molar-refractivity contribution in [2.75, 3.05) is 20.8 Å². The Morgan fingerprint density at radius 3 is 2.68 bits per heavy atom. The molecular formula is C13H26N4O2. The van der Waals surface area contributed by atoms with Crippen molar-refractivity contribution in [3.63, 3.8) is 0 Å². The van der Waals surface area contributed by atoms with Crippen LogP contribution in [0.3, 0.4) is 0 Å². The Morgan fingerprint density at radius 2 is 2.11 bits per heavy atom. The minimum Gasteiger partial charge on any atom is -0.417 e. The zero-order valence-corrected chi connectivity index (χ0v) is 12.2. The second-order valence-corrected chi connectivity index (χ2v) is 4.18. The minimum atomic E-state index is -0.0759. The molecule has 0 rings (SSSR count). The van der Waals surface area contributed by atoms with Crippen LogP contribution in [0.25, 0.3) is 0 Å². The summed E-state index contributed by atoms with van der Waals surface area (Å²) in [6.45, 7) is 4.82. The predicted octanol–water partition coefficient (Wildman–Crippen LogP) is 1.13. The van der Waals surface area contributed by atoms with E-state index < -0.39 is 0 Å². The predicted molar refractivity (Wildman–Crippen MR) is 77.8 cm³/mol. The van der Waals surface area contributed by atoms with Crippen molar-refractivity contribution in [3.8, 4) is 0 Å². The quantitative estimate of drug-likeness (QED) is 0.196. The van der Waals surface area contributed by atoms with Crippen LogP contribution in [0, 0.1) is 5.41 Å². The first-order valence-electron chi connectivity index (χ1n) is 6.31. The van der Waals surface area contributed by atoms with Gasteiger partial charge >= 0.3 is 0 Å². The molecule has 0 aromatic carbocycles. The van der Waals surface area contributed by atoms with Crippen molar-refractivity contribution in [3.05, 3.63) is 24.1 Å². The van der Waals surface area contributed by atoms with Crippen LogP contribution in [0.15, 0.2) is 24.1 Å². The maximum absolute atomic E-state index is 7.12. The van der Waals surface area contributed by atoms with Crippen LogP contribution in [-0.2, 0) is 9.57 Å². The van der Waals surface area contributed by atoms with Crippen molar-refractivity contribution in [1.29, 1.82) is 5.41 Å². The Morgan fingerprint density at radius 1 is 1.37 bits per heavy atom. The molecule has 4 N–H and O–H groups in total. The number of ether oxygens (including phenoxy) is 1. The van der Waals surface area contributed by atoms with E-state index in [1.807, 2.05) is 19.2 Å². The monoisotopic (exact) mass is 270 g/mol. The van der Waals surface area contributed by atoms with Gasteiger partial charge in [-0.25, -0.2) is 0 Å². The highest BCUT2D eigenvalue weighted by Crippen LogP contribution is 2.02. The summed E-state index contributed by atoms with van der Waals surface area (Å²) in [5.41, 5.74) is 3.62. The molecule has 110 valence electrons. The van der Waals surface area contributed by atoms with E-state index in [4.69, 9.17) is 15.0 Å². The zero-order chi connectivity index (χ0) is 14.5. The highest BCUT2D eigenvalue weighted by molar-refractivity contribution is 5.52. The second kappa shape index (κ2) is 11.6. The topological polar surface area (TPSA) is 78.4 Å². The third-order valence-electron chi connectivity index (χ3n) is 2.56. The van der Waals surface area contributed by atoms with Gasteiger partial charge in [0.25, 0.3) is 0 Å². The SMILES string of the molecule is CNO/C=C/C(NC=N)/C(C)=C/NC(C)CCOC. The molecule has 0 heterocycles. The molecule has 0 aliphatic rings. The highest BCUT2D eigenvalue weighted by Gasteiger charge is 2.05. The normalized spacial score (nSPS) is 15.1. The molecule has 0 spiro atoms. The van der Waals surface area contributed by atoms with Crippen molar-refractivity contribution < 1.29 is 9.57 Å². The van der Waals surface area contributed by atoms with E-state index in [1.165, 1.54) is 6.34 Å². The summed E-state index contributed by atoms with van der Waals surface area (Å²) < 4.78 is 5.03. The van der Waals surface area contributed by atoms with Crippen LogP contribution in [0.5, 0.6) is 0 Å². The van der Waals surface area contributed by atoms with Crippen LogP contribution in [0.4, 0.5) is 0 Å². The van der Waals surface area contributed by atoms with Gasteiger partial charge in [-0.3, -0.25) is 5.41 Å². The smallest absolute Gasteiger partial charge is 0.109 e. The lowest BCUT2D eigenvalue weighted by Gasteiger charge is -2.16. The van der Waals surface area contributed by atoms with Gasteiger partial charge in [-0.15, -0.1) is 0 Å². The Bertz CT molecular complexity index is 292. The first kappa shape index (κ1) is 17.5. The molecular weight excluding hydrogens is 244 g/mol. The maximum atomic E-state index is 7.12. The average molecular weight is 270 g/mol. The molecule has 0 aliphatic carbocycles. The van der Waals surface area contributed by atoms with Gasteiger partial charge in [-0.2, -0.15) is 5.48 Å². The first-order valence-corrected chi connectivity index (χ1v) is 6.31. The molecule has 0 saturated heterocycles. The van der Waals surface area contributed by atoms with E-state index >= 15 is 0 Å². The van der Waals surface area contributed by atoms with Gasteiger partial charge in [0.15, 0.2) is 0 Å². The molecule has 0 radical (unpaired) electrons. The fourth-order valence-corrected chi connectivity index (χ4v) is 1.36. The molecule has 0 aromatic heterocycles. The molecule has 6 nitrogen and oxygen atoms in total. The number of hydrogen-bond acceptors (Lipinski definition) is 5. The molecule has 0 fully saturated rings. The van der Waals surface area contributed by atoms with Gasteiger partial charge in [0.05, 0.1) is 12.4 Å². The fraction of sp³-hybridized carbons (Fsp3) is 0.615.